The summed E-state index contributed by atoms with van der Waals surface area (Å²) in [6, 6.07) is 0. The highest BCUT2D eigenvalue weighted by Gasteiger charge is 2.44. The molecular weight excluding hydrogens is 352 g/mol. The smallest absolute Gasteiger partial charge is 0.186 e. The van der Waals surface area contributed by atoms with E-state index in [0.717, 1.165) is 0 Å². The molecule has 0 radical (unpaired) electrons. The van der Waals surface area contributed by atoms with Gasteiger partial charge in [-0.3, -0.25) is 0 Å². The summed E-state index contributed by atoms with van der Waals surface area (Å²) < 4.78 is 11.1. The van der Waals surface area contributed by atoms with Crippen LogP contribution >= 0.6 is 0 Å². The Bertz CT molecular complexity index is 638. The molecule has 0 aromatic heterocycles. The van der Waals surface area contributed by atoms with Crippen LogP contribution in [0.15, 0.2) is 12.2 Å². The number of hydrogen-bond donors (Lipinski definition) is 5. The summed E-state index contributed by atoms with van der Waals surface area (Å²) >= 11 is 0. The van der Waals surface area contributed by atoms with E-state index in [4.69, 9.17) is 14.6 Å². The molecule has 7 heteroatoms. The molecule has 0 amide bonds. The Kier molecular flexibility index (Phi) is 11.4. The minimum atomic E-state index is -1.49. The maximum atomic E-state index is 10.1. The van der Waals surface area contributed by atoms with Crippen molar-refractivity contribution in [3.63, 3.8) is 0 Å². The van der Waals surface area contributed by atoms with Crippen LogP contribution < -0.4 is 0 Å². The first-order valence-corrected chi connectivity index (χ1v) is 8.69. The fourth-order valence-corrected chi connectivity index (χ4v) is 2.41. The second-order valence-electron chi connectivity index (χ2n) is 5.85. The van der Waals surface area contributed by atoms with Gasteiger partial charge in [0.25, 0.3) is 0 Å². The first-order chi connectivity index (χ1) is 13.0. The van der Waals surface area contributed by atoms with E-state index >= 15 is 0 Å². The van der Waals surface area contributed by atoms with Crippen LogP contribution in [0, 0.1) is 35.5 Å². The molecule has 0 aliphatic carbocycles. The van der Waals surface area contributed by atoms with Crippen LogP contribution in [0.2, 0.25) is 0 Å². The first kappa shape index (κ1) is 23.2. The number of aliphatic hydroxyl groups is 5. The number of ether oxygens (including phenoxy) is 2. The van der Waals surface area contributed by atoms with E-state index in [2.05, 4.69) is 35.5 Å². The van der Waals surface area contributed by atoms with Gasteiger partial charge in [0.05, 0.1) is 12.7 Å². The monoisotopic (exact) mass is 378 g/mol. The maximum Gasteiger partial charge on any atom is 0.186 e. The molecule has 0 aromatic carbocycles. The molecule has 0 aromatic rings. The van der Waals surface area contributed by atoms with Gasteiger partial charge >= 0.3 is 0 Å². The summed E-state index contributed by atoms with van der Waals surface area (Å²) in [5.74, 6) is 15.7. The minimum Gasteiger partial charge on any atom is -0.396 e. The molecule has 1 aliphatic rings. The van der Waals surface area contributed by atoms with Crippen LogP contribution in [0.25, 0.3) is 0 Å². The van der Waals surface area contributed by atoms with Gasteiger partial charge in [-0.1, -0.05) is 17.9 Å². The Balaban J connectivity index is 2.67. The largest absolute Gasteiger partial charge is 0.396 e. The third kappa shape index (κ3) is 8.13. The van der Waals surface area contributed by atoms with Gasteiger partial charge < -0.3 is 35.0 Å². The van der Waals surface area contributed by atoms with Crippen molar-refractivity contribution < 1.29 is 35.0 Å². The molecule has 1 fully saturated rings. The third-order valence-corrected chi connectivity index (χ3v) is 3.84. The zero-order chi connectivity index (χ0) is 20.1. The Labute approximate surface area is 159 Å². The minimum absolute atomic E-state index is 0.0217. The third-order valence-electron chi connectivity index (χ3n) is 3.84. The Morgan fingerprint density at radius 1 is 1.04 bits per heavy atom. The molecule has 7 nitrogen and oxygen atoms in total. The molecule has 1 heterocycles. The van der Waals surface area contributed by atoms with Gasteiger partial charge in [-0.15, -0.1) is 0 Å². The SMILES string of the molecule is CC#CC#CC#C/C=C/CC(CCCO)O[C@@H]1O[C@H](CO)[C@@H](O)[C@H](O)[C@H]1O. The van der Waals surface area contributed by atoms with Gasteiger partial charge in [-0.25, -0.2) is 0 Å². The van der Waals surface area contributed by atoms with Crippen molar-refractivity contribution in [3.05, 3.63) is 12.2 Å². The van der Waals surface area contributed by atoms with E-state index in [9.17, 15) is 20.4 Å². The van der Waals surface area contributed by atoms with Crippen molar-refractivity contribution in [2.75, 3.05) is 13.2 Å². The van der Waals surface area contributed by atoms with Gasteiger partial charge in [-0.2, -0.15) is 0 Å². The van der Waals surface area contributed by atoms with Crippen LogP contribution in [0.5, 0.6) is 0 Å². The Morgan fingerprint density at radius 2 is 1.78 bits per heavy atom. The predicted octanol–water partition coefficient (Wildman–Crippen LogP) is -1.08. The van der Waals surface area contributed by atoms with Gasteiger partial charge in [-0.05, 0) is 55.9 Å². The molecule has 0 bridgehead atoms. The van der Waals surface area contributed by atoms with Crippen molar-refractivity contribution in [2.24, 2.45) is 0 Å². The number of allylic oxidation sites excluding steroid dienone is 1. The van der Waals surface area contributed by atoms with Gasteiger partial charge in [0.1, 0.15) is 24.4 Å². The highest BCUT2D eigenvalue weighted by molar-refractivity contribution is 5.37. The molecule has 0 saturated carbocycles. The van der Waals surface area contributed by atoms with Gasteiger partial charge in [0, 0.05) is 6.61 Å². The maximum absolute atomic E-state index is 10.1. The molecule has 1 rings (SSSR count). The number of rotatable bonds is 8. The van der Waals surface area contributed by atoms with Crippen molar-refractivity contribution in [2.45, 2.75) is 63.0 Å². The van der Waals surface area contributed by atoms with Crippen LogP contribution in [0.1, 0.15) is 26.2 Å². The molecule has 27 heavy (non-hydrogen) atoms. The van der Waals surface area contributed by atoms with Gasteiger partial charge in [0.2, 0.25) is 0 Å². The summed E-state index contributed by atoms with van der Waals surface area (Å²) in [6.45, 7) is 1.14. The fraction of sp³-hybridized carbons (Fsp3) is 0.600. The lowest BCUT2D eigenvalue weighted by Gasteiger charge is -2.40. The molecule has 0 spiro atoms. The van der Waals surface area contributed by atoms with Crippen molar-refractivity contribution in [3.8, 4) is 35.5 Å². The molecule has 148 valence electrons. The van der Waals surface area contributed by atoms with E-state index in [0.29, 0.717) is 19.3 Å². The van der Waals surface area contributed by atoms with Crippen molar-refractivity contribution >= 4 is 0 Å². The van der Waals surface area contributed by atoms with Crippen LogP contribution in [0.3, 0.4) is 0 Å². The number of hydrogen-bond acceptors (Lipinski definition) is 7. The molecule has 1 unspecified atom stereocenters. The summed E-state index contributed by atoms with van der Waals surface area (Å²) in [4.78, 5) is 0. The number of aliphatic hydroxyl groups excluding tert-OH is 5. The lowest BCUT2D eigenvalue weighted by atomic mass is 9.99. The molecule has 5 N–H and O–H groups in total. The topological polar surface area (TPSA) is 120 Å². The van der Waals surface area contributed by atoms with Crippen molar-refractivity contribution in [1.29, 1.82) is 0 Å². The predicted molar refractivity (Wildman–Crippen MR) is 97.7 cm³/mol. The quantitative estimate of drug-likeness (QED) is 0.341. The summed E-state index contributed by atoms with van der Waals surface area (Å²) in [7, 11) is 0. The van der Waals surface area contributed by atoms with E-state index in [1.54, 1.807) is 19.1 Å². The highest BCUT2D eigenvalue weighted by Crippen LogP contribution is 2.24. The van der Waals surface area contributed by atoms with Gasteiger partial charge in [0.15, 0.2) is 6.29 Å². The summed E-state index contributed by atoms with van der Waals surface area (Å²) in [5.41, 5.74) is 0. The fourth-order valence-electron chi connectivity index (χ4n) is 2.41. The zero-order valence-corrected chi connectivity index (χ0v) is 15.2. The van der Waals surface area contributed by atoms with E-state index in [1.807, 2.05) is 0 Å². The second kappa shape index (κ2) is 13.3. The Morgan fingerprint density at radius 3 is 2.44 bits per heavy atom. The normalized spacial score (nSPS) is 28.3. The average molecular weight is 378 g/mol. The van der Waals surface area contributed by atoms with E-state index in [1.165, 1.54) is 0 Å². The zero-order valence-electron chi connectivity index (χ0n) is 15.2. The van der Waals surface area contributed by atoms with Crippen LogP contribution in [0.4, 0.5) is 0 Å². The molecular formula is C20H26O7. The van der Waals surface area contributed by atoms with Crippen LogP contribution in [-0.4, -0.2) is 75.6 Å². The second-order valence-corrected chi connectivity index (χ2v) is 5.85. The first-order valence-electron chi connectivity index (χ1n) is 8.69. The van der Waals surface area contributed by atoms with E-state index in [-0.39, 0.29) is 6.61 Å². The molecule has 1 aliphatic heterocycles. The van der Waals surface area contributed by atoms with Crippen molar-refractivity contribution in [1.82, 2.24) is 0 Å². The summed E-state index contributed by atoms with van der Waals surface area (Å²) in [5, 5.41) is 47.9. The lowest BCUT2D eigenvalue weighted by molar-refractivity contribution is -0.311. The average Bonchev–Trinajstić information content (AvgIpc) is 2.68. The molecule has 1 saturated heterocycles. The summed E-state index contributed by atoms with van der Waals surface area (Å²) in [6.07, 6.45) is -2.31. The highest BCUT2D eigenvalue weighted by atomic mass is 16.7. The Hall–Kier alpha value is -1.86. The molecule has 6 atom stereocenters. The van der Waals surface area contributed by atoms with E-state index < -0.39 is 43.4 Å². The van der Waals surface area contributed by atoms with Crippen LogP contribution in [-0.2, 0) is 9.47 Å². The standard InChI is InChI=1S/C20H26O7/c1-2-3-4-5-6-7-8-9-11-15(12-10-13-21)26-20-19(25)18(24)17(23)16(14-22)27-20/h8-9,15-25H,10-14H2,1H3/b9-8+/t15?,16-,17-,18+,19-,20-/m1/s1. The lowest BCUT2D eigenvalue weighted by Crippen LogP contribution is -2.59.